The Bertz CT molecular complexity index is 535. The Morgan fingerprint density at radius 1 is 1.44 bits per heavy atom. The molecule has 0 fully saturated rings. The molecule has 0 bridgehead atoms. The number of hydrogen-bond donors (Lipinski definition) is 0. The van der Waals surface area contributed by atoms with Crippen LogP contribution in [-0.4, -0.2) is 25.9 Å². The quantitative estimate of drug-likeness (QED) is 0.335. The fourth-order valence-corrected chi connectivity index (χ4v) is 1.46. The lowest BCUT2D eigenvalue weighted by molar-refractivity contribution is -0.384. The van der Waals surface area contributed by atoms with Crippen molar-refractivity contribution in [2.45, 2.75) is 0 Å². The summed E-state index contributed by atoms with van der Waals surface area (Å²) in [6.07, 6.45) is 1.09. The monoisotopic (exact) mass is 245 g/mol. The molecule has 0 radical (unpaired) electrons. The highest BCUT2D eigenvalue weighted by Crippen LogP contribution is 2.23. The molecule has 0 saturated heterocycles. The molecular weight excluding hydrogens is 238 g/mol. The molecule has 0 N–H and O–H groups in total. The number of non-ortho nitro benzene ring substituents is 1. The Morgan fingerprint density at radius 3 is 2.50 bits per heavy atom. The van der Waals surface area contributed by atoms with Gasteiger partial charge in [-0.2, -0.15) is 8.42 Å². The molecule has 86 valence electrons. The van der Waals surface area contributed by atoms with Crippen molar-refractivity contribution in [2.75, 3.05) is 6.26 Å². The summed E-state index contributed by atoms with van der Waals surface area (Å²) in [6, 6.07) is 3.05. The third kappa shape index (κ3) is 3.02. The number of hydrogen-bond acceptors (Lipinski definition) is 6. The average Bonchev–Trinajstić information content (AvgIpc) is 2.15. The molecule has 0 saturated carbocycles. The summed E-state index contributed by atoms with van der Waals surface area (Å²) in [4.78, 5) is 20.3. The van der Waals surface area contributed by atoms with E-state index in [2.05, 4.69) is 4.18 Å². The molecule has 0 aliphatic heterocycles. The van der Waals surface area contributed by atoms with Gasteiger partial charge in [0.25, 0.3) is 5.69 Å². The highest BCUT2D eigenvalue weighted by molar-refractivity contribution is 7.86. The molecule has 0 aliphatic rings. The zero-order valence-corrected chi connectivity index (χ0v) is 8.93. The molecule has 0 aromatic heterocycles. The highest BCUT2D eigenvalue weighted by atomic mass is 32.2. The fourth-order valence-electron chi connectivity index (χ4n) is 0.980. The van der Waals surface area contributed by atoms with Crippen molar-refractivity contribution < 1.29 is 22.3 Å². The lowest BCUT2D eigenvalue weighted by Crippen LogP contribution is -2.07. The summed E-state index contributed by atoms with van der Waals surface area (Å²) in [5, 5.41) is 10.4. The smallest absolute Gasteiger partial charge is 0.306 e. The Labute approximate surface area is 90.9 Å². The second kappa shape index (κ2) is 4.27. The van der Waals surface area contributed by atoms with E-state index in [1.165, 1.54) is 0 Å². The third-order valence-electron chi connectivity index (χ3n) is 1.57. The molecule has 8 heteroatoms. The predicted octanol–water partition coefficient (Wildman–Crippen LogP) is 0.746. The van der Waals surface area contributed by atoms with Crippen LogP contribution in [0.2, 0.25) is 0 Å². The van der Waals surface area contributed by atoms with E-state index in [4.69, 9.17) is 0 Å². The van der Waals surface area contributed by atoms with Crippen LogP contribution in [0.3, 0.4) is 0 Å². The van der Waals surface area contributed by atoms with Crippen molar-refractivity contribution in [3.05, 3.63) is 33.9 Å². The van der Waals surface area contributed by atoms with Crippen LogP contribution in [0.1, 0.15) is 10.4 Å². The van der Waals surface area contributed by atoms with Crippen LogP contribution in [-0.2, 0) is 10.1 Å². The minimum Gasteiger partial charge on any atom is -0.382 e. The molecule has 1 rings (SSSR count). The van der Waals surface area contributed by atoms with Crippen molar-refractivity contribution in [1.82, 2.24) is 0 Å². The Hall–Kier alpha value is -1.96. The number of nitro groups is 1. The molecule has 0 spiro atoms. The maximum Gasteiger partial charge on any atom is 0.306 e. The van der Waals surface area contributed by atoms with Gasteiger partial charge in [0, 0.05) is 12.1 Å². The van der Waals surface area contributed by atoms with E-state index >= 15 is 0 Å². The highest BCUT2D eigenvalue weighted by Gasteiger charge is 2.14. The summed E-state index contributed by atoms with van der Waals surface area (Å²) < 4.78 is 26.1. The molecule has 7 nitrogen and oxygen atoms in total. The van der Waals surface area contributed by atoms with Gasteiger partial charge >= 0.3 is 10.1 Å². The average molecular weight is 245 g/mol. The maximum atomic E-state index is 10.8. The van der Waals surface area contributed by atoms with E-state index in [1.807, 2.05) is 0 Å². The molecule has 0 atom stereocenters. The van der Waals surface area contributed by atoms with Crippen LogP contribution in [0.25, 0.3) is 0 Å². The second-order valence-corrected chi connectivity index (χ2v) is 4.46. The van der Waals surface area contributed by atoms with Gasteiger partial charge in [0.1, 0.15) is 0 Å². The van der Waals surface area contributed by atoms with Crippen LogP contribution in [0.15, 0.2) is 18.2 Å². The van der Waals surface area contributed by atoms with Crippen molar-refractivity contribution in [2.24, 2.45) is 0 Å². The summed E-state index contributed by atoms with van der Waals surface area (Å²) >= 11 is 0. The van der Waals surface area contributed by atoms with Crippen LogP contribution >= 0.6 is 0 Å². The van der Waals surface area contributed by atoms with Crippen molar-refractivity contribution >= 4 is 22.1 Å². The van der Waals surface area contributed by atoms with E-state index in [-0.39, 0.29) is 23.3 Å². The van der Waals surface area contributed by atoms with Gasteiger partial charge in [0.05, 0.1) is 16.7 Å². The van der Waals surface area contributed by atoms with Crippen molar-refractivity contribution in [3.8, 4) is 5.75 Å². The molecule has 1 aromatic carbocycles. The van der Waals surface area contributed by atoms with Gasteiger partial charge in [-0.25, -0.2) is 0 Å². The Kier molecular flexibility index (Phi) is 3.23. The number of rotatable bonds is 4. The number of carbonyl (C=O) groups is 1. The molecule has 0 unspecified atom stereocenters. The normalized spacial score (nSPS) is 10.8. The van der Waals surface area contributed by atoms with Gasteiger partial charge in [-0.15, -0.1) is 0 Å². The van der Waals surface area contributed by atoms with Gasteiger partial charge in [-0.3, -0.25) is 14.9 Å². The van der Waals surface area contributed by atoms with Crippen molar-refractivity contribution in [3.63, 3.8) is 0 Å². The molecule has 0 aliphatic carbocycles. The number of benzene rings is 1. The predicted molar refractivity (Wildman–Crippen MR) is 54.0 cm³/mol. The Balaban J connectivity index is 3.22. The SMILES string of the molecule is CS(=O)(=O)Oc1ccc([N+](=O)[O-])cc1C=O. The zero-order valence-electron chi connectivity index (χ0n) is 8.11. The van der Waals surface area contributed by atoms with Crippen LogP contribution in [0, 0.1) is 10.1 Å². The molecule has 16 heavy (non-hydrogen) atoms. The standard InChI is InChI=1S/C8H7NO6S/c1-16(13,14)15-8-3-2-7(9(11)12)4-6(8)5-10/h2-5H,1H3. The lowest BCUT2D eigenvalue weighted by Gasteiger charge is -2.04. The summed E-state index contributed by atoms with van der Waals surface area (Å²) in [5.74, 6) is -0.233. The van der Waals surface area contributed by atoms with E-state index in [0.29, 0.717) is 0 Å². The van der Waals surface area contributed by atoms with Gasteiger partial charge in [-0.1, -0.05) is 0 Å². The number of aldehydes is 1. The lowest BCUT2D eigenvalue weighted by atomic mass is 10.2. The van der Waals surface area contributed by atoms with Gasteiger partial charge < -0.3 is 4.18 Å². The van der Waals surface area contributed by atoms with Crippen molar-refractivity contribution in [1.29, 1.82) is 0 Å². The van der Waals surface area contributed by atoms with Crippen LogP contribution in [0.5, 0.6) is 5.75 Å². The van der Waals surface area contributed by atoms with Gasteiger partial charge in [-0.05, 0) is 6.07 Å². The first-order valence-corrected chi connectivity index (χ1v) is 5.78. The fraction of sp³-hybridized carbons (Fsp3) is 0.125. The van der Waals surface area contributed by atoms with Crippen LogP contribution in [0.4, 0.5) is 5.69 Å². The van der Waals surface area contributed by atoms with E-state index in [9.17, 15) is 23.3 Å². The Morgan fingerprint density at radius 2 is 2.06 bits per heavy atom. The summed E-state index contributed by atoms with van der Waals surface area (Å²) in [6.45, 7) is 0. The maximum absolute atomic E-state index is 10.8. The first-order valence-electron chi connectivity index (χ1n) is 3.96. The zero-order chi connectivity index (χ0) is 12.3. The van der Waals surface area contributed by atoms with Gasteiger partial charge in [0.2, 0.25) is 0 Å². The minimum absolute atomic E-state index is 0.195. The van der Waals surface area contributed by atoms with Crippen LogP contribution < -0.4 is 4.18 Å². The summed E-state index contributed by atoms with van der Waals surface area (Å²) in [7, 11) is -3.77. The number of nitrogens with zero attached hydrogens (tertiary/aromatic N) is 1. The third-order valence-corrected chi connectivity index (χ3v) is 2.05. The summed E-state index contributed by atoms with van der Waals surface area (Å²) in [5.41, 5.74) is -0.512. The second-order valence-electron chi connectivity index (χ2n) is 2.88. The first kappa shape index (κ1) is 12.1. The van der Waals surface area contributed by atoms with E-state index < -0.39 is 15.0 Å². The largest absolute Gasteiger partial charge is 0.382 e. The van der Waals surface area contributed by atoms with E-state index in [1.54, 1.807) is 0 Å². The van der Waals surface area contributed by atoms with Gasteiger partial charge in [0.15, 0.2) is 12.0 Å². The molecular formula is C8H7NO6S. The topological polar surface area (TPSA) is 104 Å². The molecule has 0 heterocycles. The number of nitro benzene ring substituents is 1. The van der Waals surface area contributed by atoms with E-state index in [0.717, 1.165) is 24.5 Å². The minimum atomic E-state index is -3.77. The first-order chi connectivity index (χ1) is 7.33. The number of carbonyl (C=O) groups excluding carboxylic acids is 1. The molecule has 1 aromatic rings. The molecule has 0 amide bonds.